The Morgan fingerprint density at radius 1 is 0.400 bits per heavy atom. The van der Waals surface area contributed by atoms with Crippen LogP contribution in [0.3, 0.4) is 0 Å². The Hall–Kier alpha value is -0.600. The SMILES string of the molecule is C=C(CCCCCCCC1CN(CCCCC)CC(CCCCCCCC(=C)C(CCCCCCC)CCCCCCC)N1)C(CC)CCCCCCC.CCCCCC. The lowest BCUT2D eigenvalue weighted by atomic mass is 9.86. The first-order valence-electron chi connectivity index (χ1n) is 28.2. The first-order valence-corrected chi connectivity index (χ1v) is 28.2. The predicted molar refractivity (Wildman–Crippen MR) is 277 cm³/mol. The molecule has 358 valence electrons. The van der Waals surface area contributed by atoms with Gasteiger partial charge in [0.2, 0.25) is 0 Å². The van der Waals surface area contributed by atoms with Gasteiger partial charge in [-0.15, -0.1) is 0 Å². The number of hydrogen-bond acceptors (Lipinski definition) is 2. The average molecular weight is 842 g/mol. The van der Waals surface area contributed by atoms with E-state index in [-0.39, 0.29) is 0 Å². The maximum atomic E-state index is 4.67. The first kappa shape index (κ1) is 59.4. The molecule has 1 heterocycles. The van der Waals surface area contributed by atoms with Crippen LogP contribution in [0.4, 0.5) is 0 Å². The van der Waals surface area contributed by atoms with E-state index in [1.807, 2.05) is 0 Å². The van der Waals surface area contributed by atoms with Gasteiger partial charge in [0.15, 0.2) is 0 Å². The molecule has 3 unspecified atom stereocenters. The Morgan fingerprint density at radius 3 is 1.13 bits per heavy atom. The molecule has 2 nitrogen and oxygen atoms in total. The van der Waals surface area contributed by atoms with Crippen LogP contribution >= 0.6 is 0 Å². The molecule has 1 aliphatic rings. The molecule has 60 heavy (non-hydrogen) atoms. The van der Waals surface area contributed by atoms with Crippen LogP contribution in [0.1, 0.15) is 305 Å². The Kier molecular flexibility index (Phi) is 45.9. The molecule has 0 radical (unpaired) electrons. The van der Waals surface area contributed by atoms with Crippen LogP contribution in [0, 0.1) is 11.8 Å². The van der Waals surface area contributed by atoms with Crippen molar-refractivity contribution in [2.45, 2.75) is 317 Å². The van der Waals surface area contributed by atoms with E-state index in [0.29, 0.717) is 12.1 Å². The van der Waals surface area contributed by atoms with Gasteiger partial charge in [-0.1, -0.05) is 259 Å². The number of unbranched alkanes of at least 4 members (excludes halogenated alkanes) is 25. The third kappa shape index (κ3) is 36.8. The second-order valence-electron chi connectivity index (χ2n) is 20.1. The van der Waals surface area contributed by atoms with Crippen LogP contribution in [-0.2, 0) is 0 Å². The molecule has 1 saturated heterocycles. The van der Waals surface area contributed by atoms with Gasteiger partial charge < -0.3 is 10.2 Å². The largest absolute Gasteiger partial charge is 0.309 e. The van der Waals surface area contributed by atoms with E-state index in [9.17, 15) is 0 Å². The standard InChI is InChI=1S/C52H102N2.C6H14/c1-8-13-17-22-31-39-49(12-5)47(6)37-29-25-20-27-34-42-51-45-54(44-36-16-11-4)46-52(53-51)43-35-28-21-26-30-38-48(7)50(40-32-23-18-14-9-2)41-33-24-19-15-10-3;1-3-5-6-4-2/h49-53H,6-46H2,1-5H3;3-6H2,1-2H3. The summed E-state index contributed by atoms with van der Waals surface area (Å²) in [6.07, 6.45) is 55.3. The Labute approximate surface area is 381 Å². The second-order valence-corrected chi connectivity index (χ2v) is 20.1. The summed E-state index contributed by atoms with van der Waals surface area (Å²) in [5.41, 5.74) is 3.15. The van der Waals surface area contributed by atoms with Crippen LogP contribution in [0.2, 0.25) is 0 Å². The van der Waals surface area contributed by atoms with Gasteiger partial charge in [0, 0.05) is 25.2 Å². The number of nitrogens with zero attached hydrogens (tertiary/aromatic N) is 1. The van der Waals surface area contributed by atoms with Gasteiger partial charge in [0.25, 0.3) is 0 Å². The van der Waals surface area contributed by atoms with Crippen LogP contribution in [0.15, 0.2) is 24.3 Å². The molecule has 0 aliphatic carbocycles. The average Bonchev–Trinajstić information content (AvgIpc) is 3.25. The van der Waals surface area contributed by atoms with Crippen LogP contribution < -0.4 is 5.32 Å². The van der Waals surface area contributed by atoms with E-state index in [0.717, 1.165) is 11.8 Å². The number of allylic oxidation sites excluding steroid dienone is 2. The Morgan fingerprint density at radius 2 is 0.717 bits per heavy atom. The van der Waals surface area contributed by atoms with Crippen molar-refractivity contribution in [1.29, 1.82) is 0 Å². The monoisotopic (exact) mass is 841 g/mol. The summed E-state index contributed by atoms with van der Waals surface area (Å²) in [7, 11) is 0. The quantitative estimate of drug-likeness (QED) is 0.0486. The minimum atomic E-state index is 0.699. The molecular formula is C58H116N2. The first-order chi connectivity index (χ1) is 29.4. The smallest absolute Gasteiger partial charge is 0.0198 e. The Bertz CT molecular complexity index is 860. The third-order valence-electron chi connectivity index (χ3n) is 14.2. The zero-order chi connectivity index (χ0) is 44.2. The molecule has 1 rings (SSSR count). The fourth-order valence-electron chi connectivity index (χ4n) is 9.94. The minimum absolute atomic E-state index is 0.699. The molecule has 0 bridgehead atoms. The zero-order valence-electron chi connectivity index (χ0n) is 43.1. The van der Waals surface area contributed by atoms with Crippen molar-refractivity contribution in [3.8, 4) is 0 Å². The fourth-order valence-corrected chi connectivity index (χ4v) is 9.94. The fraction of sp³-hybridized carbons (Fsp3) is 0.931. The summed E-state index contributed by atoms with van der Waals surface area (Å²) < 4.78 is 0. The van der Waals surface area contributed by atoms with Gasteiger partial charge in [-0.25, -0.2) is 0 Å². The number of hydrogen-bond donors (Lipinski definition) is 1. The lowest BCUT2D eigenvalue weighted by molar-refractivity contribution is 0.145. The van der Waals surface area contributed by atoms with Crippen molar-refractivity contribution in [3.05, 3.63) is 24.3 Å². The summed E-state index contributed by atoms with van der Waals surface area (Å²) in [5.74, 6) is 1.56. The summed E-state index contributed by atoms with van der Waals surface area (Å²) >= 11 is 0. The molecule has 0 aromatic heterocycles. The van der Waals surface area contributed by atoms with E-state index in [2.05, 4.69) is 71.8 Å². The van der Waals surface area contributed by atoms with Crippen molar-refractivity contribution in [2.24, 2.45) is 11.8 Å². The number of nitrogens with one attached hydrogen (secondary N) is 1. The molecule has 2 heteroatoms. The van der Waals surface area contributed by atoms with E-state index in [1.165, 1.54) is 276 Å². The molecule has 0 spiro atoms. The number of piperazine rings is 1. The molecular weight excluding hydrogens is 725 g/mol. The highest BCUT2D eigenvalue weighted by molar-refractivity contribution is 5.01. The van der Waals surface area contributed by atoms with Gasteiger partial charge in [-0.3, -0.25) is 0 Å². The highest BCUT2D eigenvalue weighted by Crippen LogP contribution is 2.29. The summed E-state index contributed by atoms with van der Waals surface area (Å²) in [5, 5.41) is 4.16. The van der Waals surface area contributed by atoms with Gasteiger partial charge in [0.05, 0.1) is 0 Å². The summed E-state index contributed by atoms with van der Waals surface area (Å²) in [6.45, 7) is 29.2. The van der Waals surface area contributed by atoms with E-state index in [1.54, 1.807) is 11.1 Å². The molecule has 1 fully saturated rings. The van der Waals surface area contributed by atoms with Crippen molar-refractivity contribution < 1.29 is 0 Å². The van der Waals surface area contributed by atoms with Crippen LogP contribution in [-0.4, -0.2) is 36.6 Å². The predicted octanol–water partition coefficient (Wildman–Crippen LogP) is 19.7. The van der Waals surface area contributed by atoms with Gasteiger partial charge >= 0.3 is 0 Å². The van der Waals surface area contributed by atoms with Gasteiger partial charge in [-0.2, -0.15) is 0 Å². The van der Waals surface area contributed by atoms with Gasteiger partial charge in [0.1, 0.15) is 0 Å². The van der Waals surface area contributed by atoms with E-state index >= 15 is 0 Å². The van der Waals surface area contributed by atoms with Crippen molar-refractivity contribution >= 4 is 0 Å². The minimum Gasteiger partial charge on any atom is -0.309 e. The van der Waals surface area contributed by atoms with E-state index in [4.69, 9.17) is 0 Å². The van der Waals surface area contributed by atoms with Crippen LogP contribution in [0.25, 0.3) is 0 Å². The molecule has 0 aromatic carbocycles. The lowest BCUT2D eigenvalue weighted by Gasteiger charge is -2.39. The van der Waals surface area contributed by atoms with Crippen molar-refractivity contribution in [2.75, 3.05) is 19.6 Å². The molecule has 3 atom stereocenters. The topological polar surface area (TPSA) is 15.3 Å². The maximum absolute atomic E-state index is 4.67. The second kappa shape index (κ2) is 46.4. The van der Waals surface area contributed by atoms with E-state index < -0.39 is 0 Å². The zero-order valence-corrected chi connectivity index (χ0v) is 43.1. The summed E-state index contributed by atoms with van der Waals surface area (Å²) in [4.78, 5) is 2.83. The van der Waals surface area contributed by atoms with Crippen molar-refractivity contribution in [1.82, 2.24) is 10.2 Å². The Balaban J connectivity index is 0.00000536. The van der Waals surface area contributed by atoms with Gasteiger partial charge in [-0.05, 0) is 89.0 Å². The molecule has 0 amide bonds. The molecule has 0 aromatic rings. The highest BCUT2D eigenvalue weighted by Gasteiger charge is 2.25. The highest BCUT2D eigenvalue weighted by atomic mass is 15.2. The number of rotatable bonds is 44. The third-order valence-corrected chi connectivity index (χ3v) is 14.2. The normalized spacial score (nSPS) is 16.3. The molecule has 0 saturated carbocycles. The maximum Gasteiger partial charge on any atom is 0.0198 e. The molecule has 1 N–H and O–H groups in total. The molecule has 1 aliphatic heterocycles. The lowest BCUT2D eigenvalue weighted by Crippen LogP contribution is -2.56. The summed E-state index contributed by atoms with van der Waals surface area (Å²) in [6, 6.07) is 1.40. The van der Waals surface area contributed by atoms with Crippen molar-refractivity contribution in [3.63, 3.8) is 0 Å². The van der Waals surface area contributed by atoms with Crippen LogP contribution in [0.5, 0.6) is 0 Å².